The number of nitrogens with zero attached hydrogens (tertiary/aromatic N) is 3. The first kappa shape index (κ1) is 14.1. The van der Waals surface area contributed by atoms with Gasteiger partial charge in [-0.1, -0.05) is 20.3 Å². The SMILES string of the molecule is CNC1CN(c2cc(CCCC(C)C)nc(N)n2)C1. The van der Waals surface area contributed by atoms with Gasteiger partial charge in [-0.15, -0.1) is 0 Å². The first-order valence-corrected chi connectivity index (χ1v) is 7.14. The summed E-state index contributed by atoms with van der Waals surface area (Å²) in [6, 6.07) is 2.66. The van der Waals surface area contributed by atoms with Crippen molar-refractivity contribution in [1.82, 2.24) is 15.3 Å². The average Bonchev–Trinajstić information content (AvgIpc) is 2.26. The molecule has 0 atom stereocenters. The van der Waals surface area contributed by atoms with Gasteiger partial charge in [-0.05, 0) is 25.8 Å². The molecule has 2 heterocycles. The normalized spacial score (nSPS) is 15.9. The molecule has 0 amide bonds. The topological polar surface area (TPSA) is 67.1 Å². The predicted molar refractivity (Wildman–Crippen MR) is 79.3 cm³/mol. The number of anilines is 2. The van der Waals surface area contributed by atoms with Gasteiger partial charge in [0.15, 0.2) is 0 Å². The zero-order valence-corrected chi connectivity index (χ0v) is 12.2. The van der Waals surface area contributed by atoms with Gasteiger partial charge in [0.05, 0.1) is 0 Å². The molecular weight excluding hydrogens is 238 g/mol. The van der Waals surface area contributed by atoms with E-state index in [1.807, 2.05) is 7.05 Å². The molecule has 1 aromatic rings. The second kappa shape index (κ2) is 6.19. The second-order valence-electron chi connectivity index (χ2n) is 5.75. The van der Waals surface area contributed by atoms with E-state index in [-0.39, 0.29) is 0 Å². The Morgan fingerprint density at radius 2 is 2.16 bits per heavy atom. The van der Waals surface area contributed by atoms with E-state index in [9.17, 15) is 0 Å². The van der Waals surface area contributed by atoms with Crippen molar-refractivity contribution >= 4 is 11.8 Å². The van der Waals surface area contributed by atoms with E-state index in [0.717, 1.165) is 43.4 Å². The molecule has 0 unspecified atom stereocenters. The van der Waals surface area contributed by atoms with Crippen LogP contribution >= 0.6 is 0 Å². The maximum atomic E-state index is 5.81. The van der Waals surface area contributed by atoms with E-state index in [4.69, 9.17) is 5.73 Å². The van der Waals surface area contributed by atoms with Crippen molar-refractivity contribution in [3.05, 3.63) is 11.8 Å². The van der Waals surface area contributed by atoms with Crippen molar-refractivity contribution < 1.29 is 0 Å². The lowest BCUT2D eigenvalue weighted by Gasteiger charge is -2.40. The summed E-state index contributed by atoms with van der Waals surface area (Å²) in [6.45, 7) is 6.49. The van der Waals surface area contributed by atoms with Crippen LogP contribution in [0, 0.1) is 5.92 Å². The maximum absolute atomic E-state index is 5.81. The van der Waals surface area contributed by atoms with E-state index in [1.165, 1.54) is 6.42 Å². The van der Waals surface area contributed by atoms with E-state index >= 15 is 0 Å². The summed E-state index contributed by atoms with van der Waals surface area (Å²) < 4.78 is 0. The number of nitrogens with one attached hydrogen (secondary N) is 1. The first-order valence-electron chi connectivity index (χ1n) is 7.14. The maximum Gasteiger partial charge on any atom is 0.222 e. The molecule has 1 fully saturated rings. The number of aryl methyl sites for hydroxylation is 1. The minimum atomic E-state index is 0.393. The molecule has 1 aromatic heterocycles. The van der Waals surface area contributed by atoms with Gasteiger partial charge < -0.3 is 16.0 Å². The third-order valence-corrected chi connectivity index (χ3v) is 3.61. The lowest BCUT2D eigenvalue weighted by Crippen LogP contribution is -2.57. The van der Waals surface area contributed by atoms with Gasteiger partial charge in [0.2, 0.25) is 5.95 Å². The van der Waals surface area contributed by atoms with Crippen LogP contribution in [0.2, 0.25) is 0 Å². The molecule has 106 valence electrons. The third kappa shape index (κ3) is 3.80. The van der Waals surface area contributed by atoms with Crippen LogP contribution in [0.15, 0.2) is 6.07 Å². The minimum Gasteiger partial charge on any atom is -0.368 e. The van der Waals surface area contributed by atoms with Gasteiger partial charge in [-0.3, -0.25) is 0 Å². The van der Waals surface area contributed by atoms with Crippen molar-refractivity contribution in [3.8, 4) is 0 Å². The number of hydrogen-bond donors (Lipinski definition) is 2. The van der Waals surface area contributed by atoms with Crippen LogP contribution in [0.4, 0.5) is 11.8 Å². The molecule has 19 heavy (non-hydrogen) atoms. The molecule has 0 spiro atoms. The largest absolute Gasteiger partial charge is 0.368 e. The van der Waals surface area contributed by atoms with Crippen molar-refractivity contribution in [2.24, 2.45) is 5.92 Å². The van der Waals surface area contributed by atoms with Crippen molar-refractivity contribution in [2.45, 2.75) is 39.2 Å². The Kier molecular flexibility index (Phi) is 4.58. The Morgan fingerprint density at radius 1 is 1.42 bits per heavy atom. The van der Waals surface area contributed by atoms with Crippen molar-refractivity contribution in [1.29, 1.82) is 0 Å². The molecule has 0 bridgehead atoms. The summed E-state index contributed by atoms with van der Waals surface area (Å²) in [6.07, 6.45) is 3.37. The molecule has 5 nitrogen and oxygen atoms in total. The van der Waals surface area contributed by atoms with Crippen molar-refractivity contribution in [2.75, 3.05) is 30.8 Å². The fraction of sp³-hybridized carbons (Fsp3) is 0.714. The molecule has 3 N–H and O–H groups in total. The van der Waals surface area contributed by atoms with Crippen LogP contribution in [-0.4, -0.2) is 36.1 Å². The number of nitrogens with two attached hydrogens (primary N) is 1. The summed E-state index contributed by atoms with van der Waals surface area (Å²) in [5.41, 5.74) is 6.88. The third-order valence-electron chi connectivity index (χ3n) is 3.61. The molecule has 1 aliphatic rings. The first-order chi connectivity index (χ1) is 9.08. The highest BCUT2D eigenvalue weighted by molar-refractivity contribution is 5.46. The quantitative estimate of drug-likeness (QED) is 0.813. The Bertz CT molecular complexity index is 412. The predicted octanol–water partition coefficient (Wildman–Crippen LogP) is 1.45. The Balaban J connectivity index is 1.95. The zero-order chi connectivity index (χ0) is 13.8. The smallest absolute Gasteiger partial charge is 0.222 e. The lowest BCUT2D eigenvalue weighted by molar-refractivity contribution is 0.447. The van der Waals surface area contributed by atoms with Crippen LogP contribution in [0.1, 0.15) is 32.4 Å². The van der Waals surface area contributed by atoms with Gasteiger partial charge in [0.25, 0.3) is 0 Å². The highest BCUT2D eigenvalue weighted by atomic mass is 15.3. The average molecular weight is 263 g/mol. The molecule has 0 radical (unpaired) electrons. The van der Waals surface area contributed by atoms with E-state index < -0.39 is 0 Å². The standard InChI is InChI=1S/C14H25N5/c1-10(2)5-4-6-11-7-13(18-14(15)17-11)19-8-12(9-19)16-3/h7,10,12,16H,4-6,8-9H2,1-3H3,(H2,15,17,18). The number of hydrogen-bond acceptors (Lipinski definition) is 5. The van der Waals surface area contributed by atoms with Crippen LogP contribution in [0.3, 0.4) is 0 Å². The number of rotatable bonds is 6. The van der Waals surface area contributed by atoms with E-state index in [2.05, 4.69) is 40.1 Å². The lowest BCUT2D eigenvalue weighted by atomic mass is 10.0. The number of nitrogen functional groups attached to an aromatic ring is 1. The summed E-state index contributed by atoms with van der Waals surface area (Å²) >= 11 is 0. The molecule has 1 saturated heterocycles. The zero-order valence-electron chi connectivity index (χ0n) is 12.2. The Morgan fingerprint density at radius 3 is 2.79 bits per heavy atom. The number of likely N-dealkylation sites (N-methyl/N-ethyl adjacent to an activating group) is 1. The van der Waals surface area contributed by atoms with E-state index in [0.29, 0.717) is 12.0 Å². The summed E-state index contributed by atoms with van der Waals surface area (Å²) in [5.74, 6) is 2.11. The van der Waals surface area contributed by atoms with Crippen LogP contribution in [0.5, 0.6) is 0 Å². The molecule has 1 aliphatic heterocycles. The van der Waals surface area contributed by atoms with Crippen LogP contribution in [0.25, 0.3) is 0 Å². The van der Waals surface area contributed by atoms with Gasteiger partial charge in [-0.25, -0.2) is 4.98 Å². The fourth-order valence-corrected chi connectivity index (χ4v) is 2.33. The van der Waals surface area contributed by atoms with E-state index in [1.54, 1.807) is 0 Å². The molecule has 0 aliphatic carbocycles. The second-order valence-corrected chi connectivity index (χ2v) is 5.75. The Hall–Kier alpha value is -1.36. The van der Waals surface area contributed by atoms with Gasteiger partial charge in [-0.2, -0.15) is 4.98 Å². The highest BCUT2D eigenvalue weighted by Gasteiger charge is 2.26. The fourth-order valence-electron chi connectivity index (χ4n) is 2.33. The molecule has 2 rings (SSSR count). The summed E-state index contributed by atoms with van der Waals surface area (Å²) in [7, 11) is 1.99. The minimum absolute atomic E-state index is 0.393. The molecular formula is C14H25N5. The van der Waals surface area contributed by atoms with Gasteiger partial charge >= 0.3 is 0 Å². The monoisotopic (exact) mass is 263 g/mol. The number of aromatic nitrogens is 2. The van der Waals surface area contributed by atoms with Crippen molar-refractivity contribution in [3.63, 3.8) is 0 Å². The highest BCUT2D eigenvalue weighted by Crippen LogP contribution is 2.21. The Labute approximate surface area is 115 Å². The summed E-state index contributed by atoms with van der Waals surface area (Å²) in [5, 5.41) is 3.26. The van der Waals surface area contributed by atoms with Gasteiger partial charge in [0.1, 0.15) is 5.82 Å². The molecule has 5 heteroatoms. The molecule has 0 saturated carbocycles. The van der Waals surface area contributed by atoms with Gasteiger partial charge in [0, 0.05) is 30.9 Å². The van der Waals surface area contributed by atoms with Crippen LogP contribution < -0.4 is 16.0 Å². The molecule has 0 aromatic carbocycles. The van der Waals surface area contributed by atoms with Crippen LogP contribution in [-0.2, 0) is 6.42 Å². The summed E-state index contributed by atoms with van der Waals surface area (Å²) in [4.78, 5) is 10.9.